The third-order valence-corrected chi connectivity index (χ3v) is 8.38. The molecular weight excluding hydrogens is 582 g/mol. The number of ether oxygens (including phenoxy) is 4. The normalized spacial score (nSPS) is 20.6. The quantitative estimate of drug-likeness (QED) is 0.383. The van der Waals surface area contributed by atoms with Crippen LogP contribution in [0.2, 0.25) is 0 Å². The lowest BCUT2D eigenvalue weighted by Crippen LogP contribution is -2.48. The van der Waals surface area contributed by atoms with E-state index in [0.717, 1.165) is 13.1 Å². The van der Waals surface area contributed by atoms with E-state index in [1.165, 1.54) is 4.90 Å². The number of morpholine rings is 1. The summed E-state index contributed by atoms with van der Waals surface area (Å²) >= 11 is 0. The zero-order chi connectivity index (χ0) is 31.9. The van der Waals surface area contributed by atoms with Gasteiger partial charge in [0.2, 0.25) is 18.6 Å². The highest BCUT2D eigenvalue weighted by Gasteiger charge is 2.32. The molecule has 1 fully saturated rings. The summed E-state index contributed by atoms with van der Waals surface area (Å²) in [5.41, 5.74) is 1.76. The van der Waals surface area contributed by atoms with E-state index in [1.807, 2.05) is 6.92 Å². The minimum atomic E-state index is -0.482. The Bertz CT molecular complexity index is 1370. The van der Waals surface area contributed by atoms with Crippen LogP contribution in [0.1, 0.15) is 25.8 Å². The van der Waals surface area contributed by atoms with E-state index in [0.29, 0.717) is 66.9 Å². The van der Waals surface area contributed by atoms with Gasteiger partial charge in [-0.15, -0.1) is 0 Å². The molecule has 2 aromatic carbocycles. The van der Waals surface area contributed by atoms with Gasteiger partial charge in [0, 0.05) is 68.6 Å². The number of aliphatic hydroxyl groups excluding tert-OH is 1. The van der Waals surface area contributed by atoms with Crippen molar-refractivity contribution in [2.75, 3.05) is 77.0 Å². The Morgan fingerprint density at radius 3 is 2.51 bits per heavy atom. The van der Waals surface area contributed by atoms with Crippen molar-refractivity contribution in [2.24, 2.45) is 5.92 Å². The van der Waals surface area contributed by atoms with Gasteiger partial charge in [0.05, 0.1) is 38.8 Å². The number of nitrogens with zero attached hydrogens (tertiary/aromatic N) is 3. The lowest BCUT2D eigenvalue weighted by atomic mass is 10.0. The van der Waals surface area contributed by atoms with Crippen molar-refractivity contribution < 1.29 is 38.4 Å². The molecule has 0 radical (unpaired) electrons. The van der Waals surface area contributed by atoms with Crippen LogP contribution in [0.25, 0.3) is 0 Å². The molecule has 3 N–H and O–H groups in total. The van der Waals surface area contributed by atoms with Crippen molar-refractivity contribution in [3.05, 3.63) is 42.0 Å². The van der Waals surface area contributed by atoms with Crippen LogP contribution in [0.4, 0.5) is 16.2 Å². The predicted octanol–water partition coefficient (Wildman–Crippen LogP) is 2.39. The third kappa shape index (κ3) is 8.35. The minimum Gasteiger partial charge on any atom is -0.488 e. The number of carbonyl (C=O) groups excluding carboxylic acids is 3. The molecule has 0 aromatic heterocycles. The van der Waals surface area contributed by atoms with Crippen LogP contribution in [0.15, 0.2) is 36.4 Å². The Morgan fingerprint density at radius 2 is 1.76 bits per heavy atom. The number of urea groups is 1. The van der Waals surface area contributed by atoms with E-state index >= 15 is 0 Å². The standard InChI is InChI=1S/C32H43N5O8/c1-21-17-37(22(2)19-38)31(40)15-23-14-24(33-30(39)8-9-36-10-12-42-13-11-36)4-6-26(23)45-29(21)18-35(3)32(41)34-25-5-7-27-28(16-25)44-20-43-27/h4-7,14,16,21-22,29,38H,8-13,15,17-20H2,1-3H3,(H,33,39)(H,34,41)/t21-,22+,29+/m0/s1. The van der Waals surface area contributed by atoms with Crippen LogP contribution >= 0.6 is 0 Å². The molecule has 3 atom stereocenters. The maximum absolute atomic E-state index is 13.5. The van der Waals surface area contributed by atoms with Crippen LogP contribution < -0.4 is 24.8 Å². The summed E-state index contributed by atoms with van der Waals surface area (Å²) in [5, 5.41) is 15.8. The van der Waals surface area contributed by atoms with Crippen LogP contribution in [0.5, 0.6) is 17.2 Å². The van der Waals surface area contributed by atoms with Crippen molar-refractivity contribution in [3.8, 4) is 17.2 Å². The van der Waals surface area contributed by atoms with E-state index in [-0.39, 0.29) is 50.1 Å². The van der Waals surface area contributed by atoms with E-state index in [2.05, 4.69) is 15.5 Å². The first-order chi connectivity index (χ1) is 21.7. The number of anilines is 2. The Hall–Kier alpha value is -4.07. The molecule has 13 nitrogen and oxygen atoms in total. The average Bonchev–Trinajstić information content (AvgIpc) is 3.52. The molecule has 0 saturated carbocycles. The first kappa shape index (κ1) is 32.3. The maximum Gasteiger partial charge on any atom is 0.321 e. The van der Waals surface area contributed by atoms with Gasteiger partial charge in [0.25, 0.3) is 0 Å². The first-order valence-corrected chi connectivity index (χ1v) is 15.4. The van der Waals surface area contributed by atoms with Crippen molar-refractivity contribution in [1.29, 1.82) is 0 Å². The number of rotatable bonds is 9. The zero-order valence-electron chi connectivity index (χ0n) is 26.1. The van der Waals surface area contributed by atoms with Gasteiger partial charge < -0.3 is 44.5 Å². The summed E-state index contributed by atoms with van der Waals surface area (Å²) in [6.07, 6.45) is -0.101. The monoisotopic (exact) mass is 625 g/mol. The van der Waals surface area contributed by atoms with E-state index in [1.54, 1.807) is 55.3 Å². The minimum absolute atomic E-state index is 0.0387. The number of nitrogens with one attached hydrogen (secondary N) is 2. The topological polar surface area (TPSA) is 142 Å². The number of hydrogen-bond donors (Lipinski definition) is 3. The summed E-state index contributed by atoms with van der Waals surface area (Å²) < 4.78 is 22.7. The second-order valence-electron chi connectivity index (χ2n) is 11.8. The average molecular weight is 626 g/mol. The molecule has 0 aliphatic carbocycles. The molecule has 3 aliphatic heterocycles. The summed E-state index contributed by atoms with van der Waals surface area (Å²) in [6.45, 7) is 7.89. The Labute approximate surface area is 263 Å². The number of hydrogen-bond acceptors (Lipinski definition) is 9. The molecule has 3 heterocycles. The van der Waals surface area contributed by atoms with Crippen molar-refractivity contribution >= 4 is 29.2 Å². The zero-order valence-corrected chi connectivity index (χ0v) is 26.1. The number of benzene rings is 2. The number of carbonyl (C=O) groups is 3. The highest BCUT2D eigenvalue weighted by molar-refractivity contribution is 5.91. The predicted molar refractivity (Wildman–Crippen MR) is 167 cm³/mol. The SMILES string of the molecule is C[C@H](CO)N1C[C@H](C)[C@@H](CN(C)C(=O)Nc2ccc3c(c2)OCO3)Oc2ccc(NC(=O)CCN3CCOCC3)cc2CC1=O. The summed E-state index contributed by atoms with van der Waals surface area (Å²) in [4.78, 5) is 44.8. The molecule has 1 saturated heterocycles. The first-order valence-electron chi connectivity index (χ1n) is 15.4. The molecule has 13 heteroatoms. The van der Waals surface area contributed by atoms with Crippen molar-refractivity contribution in [2.45, 2.75) is 38.8 Å². The molecule has 4 amide bonds. The largest absolute Gasteiger partial charge is 0.488 e. The lowest BCUT2D eigenvalue weighted by Gasteiger charge is -2.34. The van der Waals surface area contributed by atoms with Crippen molar-refractivity contribution in [3.63, 3.8) is 0 Å². The van der Waals surface area contributed by atoms with Gasteiger partial charge in [-0.25, -0.2) is 4.79 Å². The maximum atomic E-state index is 13.5. The molecule has 5 rings (SSSR count). The fourth-order valence-corrected chi connectivity index (χ4v) is 5.58. The number of likely N-dealkylation sites (N-methyl/N-ethyl adjacent to an activating group) is 1. The van der Waals surface area contributed by atoms with Gasteiger partial charge in [-0.1, -0.05) is 6.92 Å². The summed E-state index contributed by atoms with van der Waals surface area (Å²) in [6, 6.07) is 9.75. The fourth-order valence-electron chi connectivity index (χ4n) is 5.58. The second-order valence-corrected chi connectivity index (χ2v) is 11.8. The van der Waals surface area contributed by atoms with Crippen LogP contribution in [-0.2, 0) is 20.7 Å². The van der Waals surface area contributed by atoms with Gasteiger partial charge in [-0.3, -0.25) is 14.5 Å². The second kappa shape index (κ2) is 14.8. The van der Waals surface area contributed by atoms with Gasteiger partial charge in [-0.05, 0) is 37.3 Å². The highest BCUT2D eigenvalue weighted by Crippen LogP contribution is 2.34. The van der Waals surface area contributed by atoms with Crippen LogP contribution in [0, 0.1) is 5.92 Å². The molecule has 0 spiro atoms. The van der Waals surface area contributed by atoms with Gasteiger partial charge in [-0.2, -0.15) is 0 Å². The molecule has 0 bridgehead atoms. The van der Waals surface area contributed by atoms with Crippen LogP contribution in [0.3, 0.4) is 0 Å². The Kier molecular flexibility index (Phi) is 10.6. The summed E-state index contributed by atoms with van der Waals surface area (Å²) in [7, 11) is 1.68. The summed E-state index contributed by atoms with van der Waals surface area (Å²) in [5.74, 6) is 1.24. The number of aliphatic hydroxyl groups is 1. The molecule has 2 aromatic rings. The lowest BCUT2D eigenvalue weighted by molar-refractivity contribution is -0.134. The fraction of sp³-hybridized carbons (Fsp3) is 0.531. The molecule has 0 unspecified atom stereocenters. The Balaban J connectivity index is 1.30. The molecular formula is C32H43N5O8. The van der Waals surface area contributed by atoms with Gasteiger partial charge >= 0.3 is 6.03 Å². The van der Waals surface area contributed by atoms with Crippen molar-refractivity contribution in [1.82, 2.24) is 14.7 Å². The number of amides is 4. The molecule has 45 heavy (non-hydrogen) atoms. The Morgan fingerprint density at radius 1 is 1.04 bits per heavy atom. The van der Waals surface area contributed by atoms with E-state index < -0.39 is 12.1 Å². The molecule has 3 aliphatic rings. The van der Waals surface area contributed by atoms with Gasteiger partial charge in [0.1, 0.15) is 11.9 Å². The van der Waals surface area contributed by atoms with E-state index in [4.69, 9.17) is 18.9 Å². The number of fused-ring (bicyclic) bond motifs is 2. The third-order valence-electron chi connectivity index (χ3n) is 8.38. The van der Waals surface area contributed by atoms with Gasteiger partial charge in [0.15, 0.2) is 11.5 Å². The molecule has 244 valence electrons. The van der Waals surface area contributed by atoms with E-state index in [9.17, 15) is 19.5 Å². The highest BCUT2D eigenvalue weighted by atomic mass is 16.7. The van der Waals surface area contributed by atoms with Crippen LogP contribution in [-0.4, -0.2) is 116 Å². The smallest absolute Gasteiger partial charge is 0.321 e.